The Balaban J connectivity index is 1.96. The number of amides is 2. The Morgan fingerprint density at radius 2 is 1.88 bits per heavy atom. The number of anilines is 1. The average molecular weight is 355 g/mol. The van der Waals surface area contributed by atoms with Crippen molar-refractivity contribution < 1.29 is 19.1 Å². The molecule has 7 nitrogen and oxygen atoms in total. The largest absolute Gasteiger partial charge is 0.493 e. The van der Waals surface area contributed by atoms with Gasteiger partial charge in [0.1, 0.15) is 0 Å². The van der Waals surface area contributed by atoms with Crippen molar-refractivity contribution in [1.29, 1.82) is 0 Å². The number of carbonyl (C=O) groups excluding carboxylic acids is 2. The first-order valence-electron chi connectivity index (χ1n) is 8.06. The number of hydrogen-bond acceptors (Lipinski definition) is 5. The maximum absolute atomic E-state index is 11.9. The molecule has 0 spiro atoms. The fourth-order valence-corrected chi connectivity index (χ4v) is 2.15. The van der Waals surface area contributed by atoms with Crippen LogP contribution in [0.2, 0.25) is 0 Å². The SMILES string of the molecule is CCOc1ccc(/C=N\NC(=O)C(=O)Nc2ccccc2C)cc1OC. The zero-order chi connectivity index (χ0) is 18.9. The summed E-state index contributed by atoms with van der Waals surface area (Å²) in [5.41, 5.74) is 4.32. The van der Waals surface area contributed by atoms with Crippen LogP contribution in [0.5, 0.6) is 11.5 Å². The Kier molecular flexibility index (Phi) is 6.73. The van der Waals surface area contributed by atoms with Gasteiger partial charge in [-0.15, -0.1) is 0 Å². The monoisotopic (exact) mass is 355 g/mol. The Hall–Kier alpha value is -3.35. The van der Waals surface area contributed by atoms with E-state index in [-0.39, 0.29) is 0 Å². The zero-order valence-corrected chi connectivity index (χ0v) is 14.9. The van der Waals surface area contributed by atoms with Crippen molar-refractivity contribution in [2.45, 2.75) is 13.8 Å². The van der Waals surface area contributed by atoms with Crippen LogP contribution in [0.3, 0.4) is 0 Å². The fourth-order valence-electron chi connectivity index (χ4n) is 2.15. The van der Waals surface area contributed by atoms with Gasteiger partial charge in [0.2, 0.25) is 0 Å². The van der Waals surface area contributed by atoms with E-state index in [4.69, 9.17) is 9.47 Å². The summed E-state index contributed by atoms with van der Waals surface area (Å²) in [4.78, 5) is 23.7. The lowest BCUT2D eigenvalue weighted by Crippen LogP contribution is -2.32. The Morgan fingerprint density at radius 3 is 2.58 bits per heavy atom. The molecule has 2 aromatic carbocycles. The van der Waals surface area contributed by atoms with Crippen LogP contribution in [0, 0.1) is 6.92 Å². The molecule has 0 bridgehead atoms. The lowest BCUT2D eigenvalue weighted by Gasteiger charge is -2.09. The number of methoxy groups -OCH3 is 1. The molecule has 26 heavy (non-hydrogen) atoms. The number of para-hydroxylation sites is 1. The van der Waals surface area contributed by atoms with Gasteiger partial charge < -0.3 is 14.8 Å². The Morgan fingerprint density at radius 1 is 1.12 bits per heavy atom. The minimum absolute atomic E-state index is 0.524. The summed E-state index contributed by atoms with van der Waals surface area (Å²) >= 11 is 0. The van der Waals surface area contributed by atoms with Gasteiger partial charge in [0.05, 0.1) is 19.9 Å². The molecule has 0 aliphatic carbocycles. The van der Waals surface area contributed by atoms with Crippen LogP contribution in [-0.4, -0.2) is 31.7 Å². The van der Waals surface area contributed by atoms with Crippen LogP contribution in [-0.2, 0) is 9.59 Å². The van der Waals surface area contributed by atoms with Crippen molar-refractivity contribution in [3.8, 4) is 11.5 Å². The van der Waals surface area contributed by atoms with Crippen molar-refractivity contribution in [2.75, 3.05) is 19.0 Å². The number of hydrazone groups is 1. The third kappa shape index (κ3) is 5.07. The molecule has 2 rings (SSSR count). The maximum atomic E-state index is 11.9. The molecule has 0 saturated heterocycles. The minimum Gasteiger partial charge on any atom is -0.493 e. The van der Waals surface area contributed by atoms with E-state index in [1.807, 2.05) is 26.0 Å². The van der Waals surface area contributed by atoms with E-state index in [9.17, 15) is 9.59 Å². The van der Waals surface area contributed by atoms with Crippen molar-refractivity contribution in [2.24, 2.45) is 5.10 Å². The molecule has 0 fully saturated rings. The van der Waals surface area contributed by atoms with Crippen LogP contribution < -0.4 is 20.2 Å². The Bertz CT molecular complexity index is 818. The lowest BCUT2D eigenvalue weighted by atomic mass is 10.2. The molecule has 0 atom stereocenters. The van der Waals surface area contributed by atoms with Crippen molar-refractivity contribution in [3.63, 3.8) is 0 Å². The molecule has 0 aromatic heterocycles. The van der Waals surface area contributed by atoms with Crippen LogP contribution in [0.25, 0.3) is 0 Å². The second-order valence-corrected chi connectivity index (χ2v) is 5.31. The normalized spacial score (nSPS) is 10.4. The van der Waals surface area contributed by atoms with Gasteiger partial charge in [0, 0.05) is 5.69 Å². The van der Waals surface area contributed by atoms with E-state index in [2.05, 4.69) is 15.8 Å². The molecular weight excluding hydrogens is 334 g/mol. The highest BCUT2D eigenvalue weighted by Crippen LogP contribution is 2.27. The quantitative estimate of drug-likeness (QED) is 0.473. The highest BCUT2D eigenvalue weighted by atomic mass is 16.5. The topological polar surface area (TPSA) is 89.0 Å². The molecule has 0 unspecified atom stereocenters. The Labute approximate surface area is 152 Å². The highest BCUT2D eigenvalue weighted by Gasteiger charge is 2.13. The first-order valence-corrected chi connectivity index (χ1v) is 8.06. The molecule has 0 radical (unpaired) electrons. The molecule has 0 heterocycles. The van der Waals surface area contributed by atoms with E-state index >= 15 is 0 Å². The van der Waals surface area contributed by atoms with Gasteiger partial charge in [-0.25, -0.2) is 5.43 Å². The lowest BCUT2D eigenvalue weighted by molar-refractivity contribution is -0.136. The van der Waals surface area contributed by atoms with Crippen LogP contribution >= 0.6 is 0 Å². The van der Waals surface area contributed by atoms with Gasteiger partial charge in [-0.2, -0.15) is 5.10 Å². The predicted octanol–water partition coefficient (Wildman–Crippen LogP) is 2.49. The second-order valence-electron chi connectivity index (χ2n) is 5.31. The molecule has 2 amide bonds. The molecule has 0 aliphatic heterocycles. The number of hydrogen-bond donors (Lipinski definition) is 2. The number of rotatable bonds is 6. The fraction of sp³-hybridized carbons (Fsp3) is 0.211. The molecule has 136 valence electrons. The molecule has 2 N–H and O–H groups in total. The smallest absolute Gasteiger partial charge is 0.329 e. The summed E-state index contributed by atoms with van der Waals surface area (Å²) < 4.78 is 10.7. The standard InChI is InChI=1S/C19H21N3O4/c1-4-26-16-10-9-14(11-17(16)25-3)12-20-22-19(24)18(23)21-15-8-6-5-7-13(15)2/h5-12H,4H2,1-3H3,(H,21,23)(H,22,24)/b20-12-. The van der Waals surface area contributed by atoms with Crippen molar-refractivity contribution >= 4 is 23.7 Å². The minimum atomic E-state index is -0.859. The van der Waals surface area contributed by atoms with Crippen LogP contribution in [0.4, 0.5) is 5.69 Å². The average Bonchev–Trinajstić information content (AvgIpc) is 2.64. The first-order chi connectivity index (χ1) is 12.5. The van der Waals surface area contributed by atoms with Crippen molar-refractivity contribution in [3.05, 3.63) is 53.6 Å². The number of ether oxygens (including phenoxy) is 2. The first kappa shape index (κ1) is 19.0. The van der Waals surface area contributed by atoms with Crippen LogP contribution in [0.15, 0.2) is 47.6 Å². The highest BCUT2D eigenvalue weighted by molar-refractivity contribution is 6.39. The number of carbonyl (C=O) groups is 2. The molecule has 0 aliphatic rings. The number of nitrogens with zero attached hydrogens (tertiary/aromatic N) is 1. The van der Waals surface area contributed by atoms with E-state index < -0.39 is 11.8 Å². The number of benzene rings is 2. The van der Waals surface area contributed by atoms with Gasteiger partial charge in [0.25, 0.3) is 0 Å². The van der Waals surface area contributed by atoms with E-state index in [1.54, 1.807) is 30.3 Å². The van der Waals surface area contributed by atoms with Crippen molar-refractivity contribution in [1.82, 2.24) is 5.43 Å². The van der Waals surface area contributed by atoms with Gasteiger partial charge in [-0.05, 0) is 49.2 Å². The molecule has 0 saturated carbocycles. The van der Waals surface area contributed by atoms with E-state index in [0.717, 1.165) is 5.56 Å². The number of nitrogens with one attached hydrogen (secondary N) is 2. The number of aryl methyl sites for hydroxylation is 1. The third-order valence-electron chi connectivity index (χ3n) is 3.47. The molecule has 2 aromatic rings. The van der Waals surface area contributed by atoms with Gasteiger partial charge in [-0.1, -0.05) is 18.2 Å². The van der Waals surface area contributed by atoms with Gasteiger partial charge in [0.15, 0.2) is 11.5 Å². The summed E-state index contributed by atoms with van der Waals surface area (Å²) in [5, 5.41) is 6.33. The predicted molar refractivity (Wildman–Crippen MR) is 99.7 cm³/mol. The summed E-state index contributed by atoms with van der Waals surface area (Å²) in [5.74, 6) is -0.476. The summed E-state index contributed by atoms with van der Waals surface area (Å²) in [6, 6.07) is 12.4. The third-order valence-corrected chi connectivity index (χ3v) is 3.47. The maximum Gasteiger partial charge on any atom is 0.329 e. The zero-order valence-electron chi connectivity index (χ0n) is 14.9. The van der Waals surface area contributed by atoms with Gasteiger partial charge in [-0.3, -0.25) is 9.59 Å². The van der Waals surface area contributed by atoms with Gasteiger partial charge >= 0.3 is 11.8 Å². The van der Waals surface area contributed by atoms with Crippen LogP contribution in [0.1, 0.15) is 18.1 Å². The summed E-state index contributed by atoms with van der Waals surface area (Å²) in [6.07, 6.45) is 1.41. The van der Waals surface area contributed by atoms with E-state index in [0.29, 0.717) is 29.4 Å². The summed E-state index contributed by atoms with van der Waals surface area (Å²) in [7, 11) is 1.54. The van der Waals surface area contributed by atoms with E-state index in [1.165, 1.54) is 13.3 Å². The molecule has 7 heteroatoms. The second kappa shape index (κ2) is 9.22. The summed E-state index contributed by atoms with van der Waals surface area (Å²) in [6.45, 7) is 4.24. The molecular formula is C19H21N3O4.